The number of aliphatic carboxylic acids is 1. The summed E-state index contributed by atoms with van der Waals surface area (Å²) in [6.45, 7) is 7.44. The number of amides is 2. The maximum atomic E-state index is 12.0. The van der Waals surface area contributed by atoms with Crippen LogP contribution in [0.5, 0.6) is 0 Å². The number of aromatic nitrogens is 1. The molecule has 1 aromatic heterocycles. The van der Waals surface area contributed by atoms with Gasteiger partial charge in [-0.2, -0.15) is 0 Å². The molecule has 2 amide bonds. The van der Waals surface area contributed by atoms with Crippen LogP contribution in [0.25, 0.3) is 0 Å². The van der Waals surface area contributed by atoms with E-state index in [4.69, 9.17) is 5.11 Å². The van der Waals surface area contributed by atoms with E-state index in [9.17, 15) is 9.59 Å². The molecular weight excluding hydrogens is 258 g/mol. The number of nitrogens with zero attached hydrogens (tertiary/aromatic N) is 1. The lowest BCUT2D eigenvalue weighted by Gasteiger charge is -2.30. The highest BCUT2D eigenvalue weighted by molar-refractivity contribution is 5.90. The van der Waals surface area contributed by atoms with Gasteiger partial charge in [0, 0.05) is 12.2 Å². The van der Waals surface area contributed by atoms with Crippen molar-refractivity contribution in [1.82, 2.24) is 10.3 Å². The zero-order valence-corrected chi connectivity index (χ0v) is 12.2. The van der Waals surface area contributed by atoms with Crippen molar-refractivity contribution >= 4 is 17.7 Å². The van der Waals surface area contributed by atoms with Gasteiger partial charge in [0.25, 0.3) is 0 Å². The number of aryl methyl sites for hydroxylation is 1. The Bertz CT molecular complexity index is 495. The minimum Gasteiger partial charge on any atom is -0.481 e. The Morgan fingerprint density at radius 2 is 2.05 bits per heavy atom. The maximum absolute atomic E-state index is 12.0. The van der Waals surface area contributed by atoms with Crippen molar-refractivity contribution in [1.29, 1.82) is 0 Å². The molecule has 20 heavy (non-hydrogen) atoms. The summed E-state index contributed by atoms with van der Waals surface area (Å²) in [6, 6.07) is 2.58. The molecule has 1 atom stereocenters. The van der Waals surface area contributed by atoms with E-state index in [0.29, 0.717) is 11.4 Å². The minimum atomic E-state index is -0.942. The Labute approximate surface area is 118 Å². The van der Waals surface area contributed by atoms with E-state index in [1.165, 1.54) is 0 Å². The van der Waals surface area contributed by atoms with Crippen molar-refractivity contribution in [2.75, 3.05) is 5.32 Å². The number of nitrogens with one attached hydrogen (secondary N) is 2. The third-order valence-electron chi connectivity index (χ3n) is 2.98. The quantitative estimate of drug-likeness (QED) is 0.789. The predicted octanol–water partition coefficient (Wildman–Crippen LogP) is 2.40. The molecule has 0 aliphatic rings. The highest BCUT2D eigenvalue weighted by Gasteiger charge is 2.28. The van der Waals surface area contributed by atoms with Crippen molar-refractivity contribution in [2.24, 2.45) is 5.41 Å². The van der Waals surface area contributed by atoms with Gasteiger partial charge in [0.2, 0.25) is 0 Å². The smallest absolute Gasteiger partial charge is 0.319 e. The van der Waals surface area contributed by atoms with Gasteiger partial charge in [-0.15, -0.1) is 0 Å². The van der Waals surface area contributed by atoms with Gasteiger partial charge >= 0.3 is 12.0 Å². The molecule has 0 saturated carbocycles. The molecule has 1 heterocycles. The lowest BCUT2D eigenvalue weighted by molar-refractivity contribution is -0.138. The average Bonchev–Trinajstić information content (AvgIpc) is 2.29. The number of rotatable bonds is 4. The molecule has 1 rings (SSSR count). The van der Waals surface area contributed by atoms with Crippen molar-refractivity contribution in [3.05, 3.63) is 24.0 Å². The standard InChI is InChI=1S/C14H21N3O3/c1-9-10(6-5-7-15-9)16-13(20)17-11(8-12(18)19)14(2,3)4/h5-7,11H,8H2,1-4H3,(H,18,19)(H2,16,17,20). The van der Waals surface area contributed by atoms with E-state index in [2.05, 4.69) is 15.6 Å². The fourth-order valence-corrected chi connectivity index (χ4v) is 1.68. The first-order valence-electron chi connectivity index (χ1n) is 6.41. The molecule has 110 valence electrons. The second-order valence-electron chi connectivity index (χ2n) is 5.75. The third kappa shape index (κ3) is 4.87. The van der Waals surface area contributed by atoms with E-state index in [1.54, 1.807) is 25.3 Å². The minimum absolute atomic E-state index is 0.122. The summed E-state index contributed by atoms with van der Waals surface area (Å²) in [6.07, 6.45) is 1.52. The zero-order chi connectivity index (χ0) is 15.3. The molecule has 0 saturated heterocycles. The molecule has 6 heteroatoms. The summed E-state index contributed by atoms with van der Waals surface area (Å²) in [5, 5.41) is 14.3. The van der Waals surface area contributed by atoms with E-state index in [0.717, 1.165) is 0 Å². The first-order valence-corrected chi connectivity index (χ1v) is 6.41. The number of pyridine rings is 1. The molecule has 0 spiro atoms. The first kappa shape index (κ1) is 15.9. The summed E-state index contributed by atoms with van der Waals surface area (Å²) in [7, 11) is 0. The number of hydrogen-bond acceptors (Lipinski definition) is 3. The lowest BCUT2D eigenvalue weighted by Crippen LogP contribution is -2.46. The lowest BCUT2D eigenvalue weighted by atomic mass is 9.85. The Morgan fingerprint density at radius 3 is 2.55 bits per heavy atom. The first-order chi connectivity index (χ1) is 9.20. The van der Waals surface area contributed by atoms with Crippen LogP contribution in [-0.2, 0) is 4.79 Å². The van der Waals surface area contributed by atoms with Gasteiger partial charge in [-0.1, -0.05) is 20.8 Å². The van der Waals surface area contributed by atoms with E-state index in [1.807, 2.05) is 20.8 Å². The molecule has 0 aliphatic carbocycles. The molecule has 0 bridgehead atoms. The number of hydrogen-bond donors (Lipinski definition) is 3. The largest absolute Gasteiger partial charge is 0.481 e. The normalized spacial score (nSPS) is 12.6. The maximum Gasteiger partial charge on any atom is 0.319 e. The molecular formula is C14H21N3O3. The number of carboxylic acids is 1. The molecule has 1 unspecified atom stereocenters. The van der Waals surface area contributed by atoms with E-state index < -0.39 is 18.0 Å². The van der Waals surface area contributed by atoms with Crippen molar-refractivity contribution in [2.45, 2.75) is 40.2 Å². The van der Waals surface area contributed by atoms with Gasteiger partial charge in [0.05, 0.1) is 17.8 Å². The predicted molar refractivity (Wildman–Crippen MR) is 76.6 cm³/mol. The molecule has 0 radical (unpaired) electrons. The monoisotopic (exact) mass is 279 g/mol. The Balaban J connectivity index is 2.72. The second kappa shape index (κ2) is 6.36. The van der Waals surface area contributed by atoms with Crippen LogP contribution in [0.4, 0.5) is 10.5 Å². The summed E-state index contributed by atoms with van der Waals surface area (Å²) in [4.78, 5) is 26.9. The molecule has 3 N–H and O–H groups in total. The molecule has 1 aromatic rings. The Hall–Kier alpha value is -2.11. The zero-order valence-electron chi connectivity index (χ0n) is 12.2. The summed E-state index contributed by atoms with van der Waals surface area (Å²) >= 11 is 0. The van der Waals surface area contributed by atoms with Gasteiger partial charge < -0.3 is 15.7 Å². The fraction of sp³-hybridized carbons (Fsp3) is 0.500. The molecule has 6 nitrogen and oxygen atoms in total. The van der Waals surface area contributed by atoms with Crippen LogP contribution in [0, 0.1) is 12.3 Å². The third-order valence-corrected chi connectivity index (χ3v) is 2.98. The van der Waals surface area contributed by atoms with Crippen molar-refractivity contribution in [3.63, 3.8) is 0 Å². The van der Waals surface area contributed by atoms with Gasteiger partial charge in [0.1, 0.15) is 0 Å². The van der Waals surface area contributed by atoms with Gasteiger partial charge in [-0.3, -0.25) is 9.78 Å². The van der Waals surface area contributed by atoms with Crippen molar-refractivity contribution < 1.29 is 14.7 Å². The molecule has 0 aliphatic heterocycles. The molecule has 0 fully saturated rings. The van der Waals surface area contributed by atoms with Gasteiger partial charge in [0.15, 0.2) is 0 Å². The topological polar surface area (TPSA) is 91.3 Å². The SMILES string of the molecule is Cc1ncccc1NC(=O)NC(CC(=O)O)C(C)(C)C. The highest BCUT2D eigenvalue weighted by atomic mass is 16.4. The van der Waals surface area contributed by atoms with Crippen LogP contribution >= 0.6 is 0 Å². The highest BCUT2D eigenvalue weighted by Crippen LogP contribution is 2.22. The van der Waals surface area contributed by atoms with Crippen LogP contribution in [0.2, 0.25) is 0 Å². The average molecular weight is 279 g/mol. The summed E-state index contributed by atoms with van der Waals surface area (Å²) in [5.41, 5.74) is 0.959. The number of carboxylic acid groups (broad SMARTS) is 1. The van der Waals surface area contributed by atoms with Crippen LogP contribution in [0.1, 0.15) is 32.9 Å². The Kier molecular flexibility index (Phi) is 5.07. The van der Waals surface area contributed by atoms with Crippen LogP contribution in [-0.4, -0.2) is 28.1 Å². The van der Waals surface area contributed by atoms with Gasteiger partial charge in [-0.05, 0) is 24.5 Å². The van der Waals surface area contributed by atoms with E-state index >= 15 is 0 Å². The fourth-order valence-electron chi connectivity index (χ4n) is 1.68. The van der Waals surface area contributed by atoms with Crippen LogP contribution < -0.4 is 10.6 Å². The van der Waals surface area contributed by atoms with Crippen molar-refractivity contribution in [3.8, 4) is 0 Å². The number of anilines is 1. The number of urea groups is 1. The van der Waals surface area contributed by atoms with E-state index in [-0.39, 0.29) is 11.8 Å². The number of carbonyl (C=O) groups is 2. The summed E-state index contributed by atoms with van der Waals surface area (Å²) in [5.74, 6) is -0.942. The Morgan fingerprint density at radius 1 is 1.40 bits per heavy atom. The number of carbonyl (C=O) groups excluding carboxylic acids is 1. The van der Waals surface area contributed by atoms with Gasteiger partial charge in [-0.25, -0.2) is 4.79 Å². The van der Waals surface area contributed by atoms with Crippen LogP contribution in [0.15, 0.2) is 18.3 Å². The second-order valence-corrected chi connectivity index (χ2v) is 5.75. The summed E-state index contributed by atoms with van der Waals surface area (Å²) < 4.78 is 0. The molecule has 0 aromatic carbocycles. The van der Waals surface area contributed by atoms with Crippen LogP contribution in [0.3, 0.4) is 0 Å².